The zero-order valence-corrected chi connectivity index (χ0v) is 18.9. The Labute approximate surface area is 188 Å². The lowest BCUT2D eigenvalue weighted by atomic mass is 10.00. The van der Waals surface area contributed by atoms with E-state index in [1.54, 1.807) is 34.8 Å². The molecule has 1 amide bonds. The molecule has 1 aromatic carbocycles. The fraction of sp³-hybridized carbons (Fsp3) is 0.409. The van der Waals surface area contributed by atoms with Crippen LogP contribution < -0.4 is 4.90 Å². The van der Waals surface area contributed by atoms with Gasteiger partial charge >= 0.3 is 6.18 Å². The molecule has 4 rings (SSSR count). The van der Waals surface area contributed by atoms with Crippen molar-refractivity contribution in [3.63, 3.8) is 0 Å². The molecule has 1 atom stereocenters. The van der Waals surface area contributed by atoms with Crippen LogP contribution in [0.3, 0.4) is 0 Å². The van der Waals surface area contributed by atoms with Crippen LogP contribution in [-0.2, 0) is 16.5 Å². The molecule has 0 radical (unpaired) electrons. The zero-order valence-electron chi connectivity index (χ0n) is 18.1. The lowest BCUT2D eigenvalue weighted by molar-refractivity contribution is -0.141. The predicted octanol–water partition coefficient (Wildman–Crippen LogP) is 5.32. The highest BCUT2D eigenvalue weighted by Gasteiger charge is 2.48. The Kier molecular flexibility index (Phi) is 5.35. The van der Waals surface area contributed by atoms with Gasteiger partial charge in [0.2, 0.25) is 0 Å². The number of rotatable bonds is 4. The molecule has 170 valence electrons. The molecule has 0 N–H and O–H groups in total. The largest absolute Gasteiger partial charge is 0.434 e. The number of aromatic nitrogens is 4. The van der Waals surface area contributed by atoms with E-state index in [0.29, 0.717) is 23.7 Å². The summed E-state index contributed by atoms with van der Waals surface area (Å²) in [7, 11) is 0. The highest BCUT2D eigenvalue weighted by atomic mass is 35.5. The molecular weight excluding hydrogens is 443 g/mol. The van der Waals surface area contributed by atoms with Crippen molar-refractivity contribution in [2.45, 2.75) is 51.7 Å². The van der Waals surface area contributed by atoms with Gasteiger partial charge in [-0.15, -0.1) is 0 Å². The Hall–Kier alpha value is -2.81. The van der Waals surface area contributed by atoms with Gasteiger partial charge in [0, 0.05) is 17.8 Å². The van der Waals surface area contributed by atoms with Gasteiger partial charge in [-0.05, 0) is 50.5 Å². The molecule has 0 bridgehead atoms. The first-order valence-corrected chi connectivity index (χ1v) is 10.6. The number of hydrogen-bond donors (Lipinski definition) is 0. The normalized spacial score (nSPS) is 19.4. The molecule has 1 saturated heterocycles. The van der Waals surface area contributed by atoms with Gasteiger partial charge in [0.1, 0.15) is 11.4 Å². The van der Waals surface area contributed by atoms with Crippen LogP contribution in [0.5, 0.6) is 0 Å². The van der Waals surface area contributed by atoms with E-state index in [1.807, 2.05) is 26.0 Å². The monoisotopic (exact) mass is 465 g/mol. The van der Waals surface area contributed by atoms with Crippen LogP contribution in [0.4, 0.5) is 18.9 Å². The van der Waals surface area contributed by atoms with E-state index >= 15 is 0 Å². The number of halogens is 4. The van der Waals surface area contributed by atoms with Gasteiger partial charge in [-0.1, -0.05) is 25.4 Å². The molecule has 1 unspecified atom stereocenters. The van der Waals surface area contributed by atoms with Crippen molar-refractivity contribution in [2.24, 2.45) is 0 Å². The van der Waals surface area contributed by atoms with E-state index in [1.165, 1.54) is 11.5 Å². The zero-order chi connectivity index (χ0) is 23.4. The predicted molar refractivity (Wildman–Crippen MR) is 115 cm³/mol. The van der Waals surface area contributed by atoms with Gasteiger partial charge < -0.3 is 9.47 Å². The smallest absolute Gasteiger partial charge is 0.319 e. The fourth-order valence-corrected chi connectivity index (χ4v) is 4.40. The van der Waals surface area contributed by atoms with Gasteiger partial charge in [-0.3, -0.25) is 4.79 Å². The summed E-state index contributed by atoms with van der Waals surface area (Å²) in [6, 6.07) is 7.21. The van der Waals surface area contributed by atoms with E-state index in [0.717, 1.165) is 17.6 Å². The second kappa shape index (κ2) is 7.65. The maximum atomic E-state index is 13.5. The number of aryl methyl sites for hydroxylation is 1. The van der Waals surface area contributed by atoms with Crippen molar-refractivity contribution in [2.75, 3.05) is 11.4 Å². The molecule has 0 saturated carbocycles. The summed E-state index contributed by atoms with van der Waals surface area (Å²) >= 11 is 6.00. The van der Waals surface area contributed by atoms with Gasteiger partial charge in [0.05, 0.1) is 23.3 Å². The summed E-state index contributed by atoms with van der Waals surface area (Å²) < 4.78 is 42.6. The molecule has 10 heteroatoms. The average Bonchev–Trinajstić information content (AvgIpc) is 3.39. The summed E-state index contributed by atoms with van der Waals surface area (Å²) in [5, 5.41) is 5.11. The van der Waals surface area contributed by atoms with E-state index in [4.69, 9.17) is 11.6 Å². The second-order valence-electron chi connectivity index (χ2n) is 8.48. The molecule has 3 heterocycles. The van der Waals surface area contributed by atoms with Crippen molar-refractivity contribution in [1.82, 2.24) is 19.3 Å². The molecule has 1 aliphatic heterocycles. The highest BCUT2D eigenvalue weighted by Crippen LogP contribution is 2.39. The number of anilines is 1. The lowest BCUT2D eigenvalue weighted by Gasteiger charge is -2.26. The van der Waals surface area contributed by atoms with Crippen molar-refractivity contribution in [1.29, 1.82) is 0 Å². The Morgan fingerprint density at radius 1 is 1.19 bits per heavy atom. The Balaban J connectivity index is 1.73. The van der Waals surface area contributed by atoms with E-state index < -0.39 is 17.4 Å². The molecule has 1 fully saturated rings. The molecule has 0 spiro atoms. The van der Waals surface area contributed by atoms with E-state index in [2.05, 4.69) is 10.1 Å². The first-order chi connectivity index (χ1) is 14.9. The van der Waals surface area contributed by atoms with Crippen molar-refractivity contribution >= 4 is 23.2 Å². The average molecular weight is 466 g/mol. The maximum absolute atomic E-state index is 13.5. The lowest BCUT2D eigenvalue weighted by Crippen LogP contribution is -2.41. The van der Waals surface area contributed by atoms with Crippen LogP contribution in [-0.4, -0.2) is 31.8 Å². The fourth-order valence-electron chi connectivity index (χ4n) is 4.28. The molecular formula is C22H23ClF3N5O. The summed E-state index contributed by atoms with van der Waals surface area (Å²) in [6.07, 6.45) is -1.66. The van der Waals surface area contributed by atoms with Crippen LogP contribution in [0.15, 0.2) is 36.7 Å². The quantitative estimate of drug-likeness (QED) is 0.523. The number of carbonyl (C=O) groups is 1. The van der Waals surface area contributed by atoms with Gasteiger partial charge in [-0.25, -0.2) is 9.67 Å². The molecule has 1 aliphatic rings. The minimum atomic E-state index is -4.57. The second-order valence-corrected chi connectivity index (χ2v) is 8.92. The number of carbonyl (C=O) groups excluding carboxylic acids is 1. The minimum Gasteiger partial charge on any atom is -0.319 e. The molecule has 3 aromatic rings. The molecule has 2 aromatic heterocycles. The number of hydrogen-bond acceptors (Lipinski definition) is 3. The third-order valence-electron chi connectivity index (χ3n) is 5.93. The first-order valence-electron chi connectivity index (χ1n) is 10.2. The molecule has 6 nitrogen and oxygen atoms in total. The van der Waals surface area contributed by atoms with Gasteiger partial charge in [-0.2, -0.15) is 18.3 Å². The summed E-state index contributed by atoms with van der Waals surface area (Å²) in [5.41, 5.74) is 0.123. The topological polar surface area (TPSA) is 56.0 Å². The minimum absolute atomic E-state index is 0.0367. The van der Waals surface area contributed by atoms with Gasteiger partial charge in [0.25, 0.3) is 5.91 Å². The van der Waals surface area contributed by atoms with Gasteiger partial charge in [0.15, 0.2) is 5.69 Å². The Morgan fingerprint density at radius 2 is 1.84 bits per heavy atom. The van der Waals surface area contributed by atoms with Crippen LogP contribution in [0.2, 0.25) is 5.02 Å². The summed E-state index contributed by atoms with van der Waals surface area (Å²) in [5.74, 6) is -0.102. The third kappa shape index (κ3) is 3.58. The third-order valence-corrected chi connectivity index (χ3v) is 6.18. The van der Waals surface area contributed by atoms with E-state index in [9.17, 15) is 18.0 Å². The summed E-state index contributed by atoms with van der Waals surface area (Å²) in [4.78, 5) is 18.8. The molecule has 32 heavy (non-hydrogen) atoms. The SMILES string of the molecule is Cc1nc(C(F)(F)F)cn1C1(C)CCN(c2cnn(-c3ccc(Cl)cc3)c2C(C)C)C1=O. The number of nitrogens with zero attached hydrogens (tertiary/aromatic N) is 5. The number of alkyl halides is 3. The Morgan fingerprint density at radius 3 is 2.41 bits per heavy atom. The van der Waals surface area contributed by atoms with Crippen molar-refractivity contribution < 1.29 is 18.0 Å². The standard InChI is InChI=1S/C22H23ClF3N5O/c1-13(2)19-17(11-27-31(19)16-7-5-15(23)6-8-16)29-10-9-21(4,20(29)32)30-12-18(22(24,25)26)28-14(30)3/h5-8,11-13H,9-10H2,1-4H3. The Bertz CT molecular complexity index is 1170. The number of amides is 1. The van der Waals surface area contributed by atoms with Crippen LogP contribution in [0.25, 0.3) is 5.69 Å². The highest BCUT2D eigenvalue weighted by molar-refractivity contribution is 6.30. The van der Waals surface area contributed by atoms with E-state index in [-0.39, 0.29) is 17.6 Å². The first kappa shape index (κ1) is 22.4. The van der Waals surface area contributed by atoms with Crippen LogP contribution in [0.1, 0.15) is 50.3 Å². The number of imidazole rings is 1. The molecule has 0 aliphatic carbocycles. The van der Waals surface area contributed by atoms with Crippen LogP contribution >= 0.6 is 11.6 Å². The number of benzene rings is 1. The van der Waals surface area contributed by atoms with Crippen LogP contribution in [0, 0.1) is 6.92 Å². The van der Waals surface area contributed by atoms with Crippen molar-refractivity contribution in [3.05, 3.63) is 58.9 Å². The maximum Gasteiger partial charge on any atom is 0.434 e. The van der Waals surface area contributed by atoms with Crippen molar-refractivity contribution in [3.8, 4) is 5.69 Å². The summed E-state index contributed by atoms with van der Waals surface area (Å²) in [6.45, 7) is 7.50.